The molecule has 0 spiro atoms. The van der Waals surface area contributed by atoms with Crippen LogP contribution in [0.15, 0.2) is 81.7 Å². The molecule has 1 aliphatic rings. The van der Waals surface area contributed by atoms with Crippen molar-refractivity contribution in [3.63, 3.8) is 0 Å². The number of benzene rings is 3. The van der Waals surface area contributed by atoms with E-state index in [9.17, 15) is 14.9 Å². The van der Waals surface area contributed by atoms with Gasteiger partial charge in [-0.3, -0.25) is 9.36 Å². The summed E-state index contributed by atoms with van der Waals surface area (Å²) < 4.78 is 20.4. The highest BCUT2D eigenvalue weighted by molar-refractivity contribution is 14.1. The summed E-state index contributed by atoms with van der Waals surface area (Å²) in [6.07, 6.45) is 1.59. The summed E-state index contributed by atoms with van der Waals surface area (Å²) in [5.74, 6) is 0.533. The van der Waals surface area contributed by atoms with Crippen LogP contribution in [0.1, 0.15) is 56.0 Å². The highest BCUT2D eigenvalue weighted by Gasteiger charge is 2.35. The molecule has 3 aromatic carbocycles. The van der Waals surface area contributed by atoms with Gasteiger partial charge in [-0.2, -0.15) is 5.26 Å². The van der Waals surface area contributed by atoms with Gasteiger partial charge in [0.25, 0.3) is 5.56 Å². The van der Waals surface area contributed by atoms with Crippen LogP contribution in [0.25, 0.3) is 6.08 Å². The second kappa shape index (κ2) is 14.0. The Bertz CT molecular complexity index is 2040. The summed E-state index contributed by atoms with van der Waals surface area (Å²) in [4.78, 5) is 32.7. The molecule has 230 valence electrons. The summed E-state index contributed by atoms with van der Waals surface area (Å²) in [7, 11) is 0. The van der Waals surface area contributed by atoms with E-state index in [0.717, 1.165) is 9.13 Å². The normalized spacial score (nSPS) is 14.5. The number of ether oxygens (including phenoxy) is 3. The lowest BCUT2D eigenvalue weighted by molar-refractivity contribution is -0.139. The number of rotatable bonds is 9. The lowest BCUT2D eigenvalue weighted by Gasteiger charge is -2.26. The predicted octanol–water partition coefficient (Wildman–Crippen LogP) is 6.29. The molecule has 0 radical (unpaired) electrons. The molecule has 2 heterocycles. The van der Waals surface area contributed by atoms with Crippen molar-refractivity contribution in [1.82, 2.24) is 4.57 Å². The fourth-order valence-corrected chi connectivity index (χ4v) is 7.29. The number of hydrogen-bond acceptors (Lipinski definition) is 8. The maximum absolute atomic E-state index is 14.3. The zero-order valence-electron chi connectivity index (χ0n) is 25.0. The van der Waals surface area contributed by atoms with Gasteiger partial charge >= 0.3 is 5.97 Å². The van der Waals surface area contributed by atoms with Crippen molar-refractivity contribution in [2.75, 3.05) is 6.61 Å². The van der Waals surface area contributed by atoms with E-state index in [1.54, 1.807) is 44.2 Å². The molecule has 45 heavy (non-hydrogen) atoms. The Morgan fingerprint density at radius 1 is 1.20 bits per heavy atom. The lowest BCUT2D eigenvalue weighted by atomic mass is 9.95. The van der Waals surface area contributed by atoms with Gasteiger partial charge in [0.15, 0.2) is 4.80 Å². The van der Waals surface area contributed by atoms with Gasteiger partial charge in [-0.15, -0.1) is 0 Å². The average molecular weight is 754 g/mol. The summed E-state index contributed by atoms with van der Waals surface area (Å²) >= 11 is 9.81. The molecule has 0 saturated carbocycles. The van der Waals surface area contributed by atoms with Crippen molar-refractivity contribution in [1.29, 1.82) is 5.26 Å². The maximum atomic E-state index is 14.3. The molecule has 0 amide bonds. The van der Waals surface area contributed by atoms with Crippen molar-refractivity contribution in [2.45, 2.75) is 46.4 Å². The Labute approximate surface area is 283 Å². The van der Waals surface area contributed by atoms with Crippen LogP contribution in [-0.2, 0) is 16.1 Å². The SMILES string of the molecule is CCOC(=O)C1=C(C)N=c2s/c(=C\c3cc(Cl)cc(I)c3OCc3ccccc3C#N)c(=O)n2[C@H]1c1ccccc1OC(C)C. The zero-order chi connectivity index (χ0) is 32.2. The molecule has 1 atom stereocenters. The fourth-order valence-electron chi connectivity index (χ4n) is 5.04. The van der Waals surface area contributed by atoms with Crippen LogP contribution in [0.2, 0.25) is 5.02 Å². The number of esters is 1. The van der Waals surface area contributed by atoms with E-state index in [4.69, 9.17) is 25.8 Å². The Morgan fingerprint density at radius 2 is 1.93 bits per heavy atom. The quantitative estimate of drug-likeness (QED) is 0.147. The molecule has 0 saturated heterocycles. The molecule has 0 aliphatic carbocycles. The molecule has 11 heteroatoms. The summed E-state index contributed by atoms with van der Waals surface area (Å²) in [6.45, 7) is 7.64. The smallest absolute Gasteiger partial charge is 0.338 e. The number of aromatic nitrogens is 1. The first-order chi connectivity index (χ1) is 21.6. The number of halogens is 2. The molecule has 1 aromatic heterocycles. The minimum absolute atomic E-state index is 0.137. The fraction of sp³-hybridized carbons (Fsp3) is 0.235. The van der Waals surface area contributed by atoms with E-state index < -0.39 is 12.0 Å². The first-order valence-electron chi connectivity index (χ1n) is 14.2. The first kappa shape index (κ1) is 32.5. The van der Waals surface area contributed by atoms with Crippen LogP contribution in [0, 0.1) is 14.9 Å². The largest absolute Gasteiger partial charge is 0.491 e. The number of fused-ring (bicyclic) bond motifs is 1. The second-order valence-electron chi connectivity index (χ2n) is 10.4. The molecule has 0 fully saturated rings. The van der Waals surface area contributed by atoms with Crippen molar-refractivity contribution in [2.24, 2.45) is 4.99 Å². The van der Waals surface area contributed by atoms with Crippen LogP contribution in [-0.4, -0.2) is 23.2 Å². The molecule has 5 rings (SSSR count). The number of para-hydroxylation sites is 1. The Hall–Kier alpha value is -3.92. The van der Waals surface area contributed by atoms with E-state index in [0.29, 0.717) is 48.2 Å². The number of carbonyl (C=O) groups is 1. The van der Waals surface area contributed by atoms with Gasteiger partial charge in [-0.1, -0.05) is 59.3 Å². The third-order valence-corrected chi connectivity index (χ3v) is 8.93. The average Bonchev–Trinajstić information content (AvgIpc) is 3.30. The van der Waals surface area contributed by atoms with Crippen molar-refractivity contribution < 1.29 is 19.0 Å². The van der Waals surface area contributed by atoms with Crippen molar-refractivity contribution in [3.8, 4) is 17.6 Å². The van der Waals surface area contributed by atoms with E-state index in [2.05, 4.69) is 33.7 Å². The summed E-state index contributed by atoms with van der Waals surface area (Å²) in [5.41, 5.74) is 2.89. The maximum Gasteiger partial charge on any atom is 0.338 e. The number of nitriles is 1. The second-order valence-corrected chi connectivity index (χ2v) is 13.0. The van der Waals surface area contributed by atoms with Crippen LogP contribution >= 0.6 is 45.5 Å². The van der Waals surface area contributed by atoms with Gasteiger partial charge in [-0.25, -0.2) is 9.79 Å². The molecule has 4 aromatic rings. The molecule has 0 unspecified atom stereocenters. The number of allylic oxidation sites excluding steroid dienone is 1. The minimum atomic E-state index is -0.824. The minimum Gasteiger partial charge on any atom is -0.491 e. The van der Waals surface area contributed by atoms with E-state index in [1.165, 1.54) is 15.9 Å². The Kier molecular flexibility index (Phi) is 10.1. The van der Waals surface area contributed by atoms with Crippen LogP contribution in [0.4, 0.5) is 0 Å². The van der Waals surface area contributed by atoms with Crippen molar-refractivity contribution >= 4 is 57.6 Å². The Balaban J connectivity index is 1.68. The van der Waals surface area contributed by atoms with Crippen LogP contribution in [0.5, 0.6) is 11.5 Å². The van der Waals surface area contributed by atoms with Gasteiger partial charge in [0, 0.05) is 21.7 Å². The van der Waals surface area contributed by atoms with Gasteiger partial charge in [0.1, 0.15) is 24.1 Å². The molecule has 0 N–H and O–H groups in total. The highest BCUT2D eigenvalue weighted by Crippen LogP contribution is 2.36. The first-order valence-corrected chi connectivity index (χ1v) is 16.4. The van der Waals surface area contributed by atoms with E-state index in [1.807, 2.05) is 50.2 Å². The zero-order valence-corrected chi connectivity index (χ0v) is 28.7. The third-order valence-electron chi connectivity index (χ3n) is 6.93. The number of nitrogens with zero attached hydrogens (tertiary/aromatic N) is 3. The highest BCUT2D eigenvalue weighted by atomic mass is 127. The summed E-state index contributed by atoms with van der Waals surface area (Å²) in [6, 6.07) is 19.5. The topological polar surface area (TPSA) is 103 Å². The van der Waals surface area contributed by atoms with Gasteiger partial charge in [-0.05, 0) is 80.6 Å². The van der Waals surface area contributed by atoms with E-state index in [-0.39, 0.29) is 30.5 Å². The van der Waals surface area contributed by atoms with Crippen molar-refractivity contribution in [3.05, 3.63) is 122 Å². The Morgan fingerprint density at radius 3 is 2.67 bits per heavy atom. The standard InChI is InChI=1S/C34H29ClIN3O5S/c1-5-42-33(41)29-20(4)38-34-39(30(29)25-12-8-9-13-27(25)44-19(2)3)32(40)28(45-34)15-23-14-24(35)16-26(36)31(23)43-18-22-11-7-6-10-21(22)17-37/h6-16,19,30H,5,18H2,1-4H3/b28-15-/t30-/m0/s1. The number of thiazole rings is 1. The summed E-state index contributed by atoms with van der Waals surface area (Å²) in [5, 5.41) is 9.99. The van der Waals surface area contributed by atoms with Gasteiger partial charge in [0.2, 0.25) is 0 Å². The molecular formula is C34H29ClIN3O5S. The molecule has 1 aliphatic heterocycles. The van der Waals surface area contributed by atoms with Crippen LogP contribution < -0.4 is 24.4 Å². The van der Waals surface area contributed by atoms with Gasteiger partial charge < -0.3 is 14.2 Å². The van der Waals surface area contributed by atoms with Crippen LogP contribution in [0.3, 0.4) is 0 Å². The number of carbonyl (C=O) groups excluding carboxylic acids is 1. The molecule has 8 nitrogen and oxygen atoms in total. The van der Waals surface area contributed by atoms with E-state index >= 15 is 0 Å². The number of hydrogen-bond donors (Lipinski definition) is 0. The molecule has 0 bridgehead atoms. The van der Waals surface area contributed by atoms with Gasteiger partial charge in [0.05, 0.1) is 43.7 Å². The predicted molar refractivity (Wildman–Crippen MR) is 182 cm³/mol. The third kappa shape index (κ3) is 6.85. The monoisotopic (exact) mass is 753 g/mol. The molecular weight excluding hydrogens is 725 g/mol. The lowest BCUT2D eigenvalue weighted by Crippen LogP contribution is -2.40.